The van der Waals surface area contributed by atoms with Gasteiger partial charge in [-0.05, 0) is 77.9 Å². The van der Waals surface area contributed by atoms with E-state index in [1.807, 2.05) is 35.0 Å². The molecule has 0 saturated heterocycles. The zero-order chi connectivity index (χ0) is 25.1. The number of tetrazole rings is 1. The lowest BCUT2D eigenvalue weighted by atomic mass is 10.1. The van der Waals surface area contributed by atoms with Crippen LogP contribution in [0.15, 0.2) is 53.3 Å². The third-order valence-electron chi connectivity index (χ3n) is 7.31. The average Bonchev–Trinajstić information content (AvgIpc) is 3.58. The number of aryl methyl sites for hydroxylation is 1. The number of benzene rings is 2. The average molecular weight is 487 g/mol. The Hall–Kier alpha value is -3.52. The molecule has 2 aromatic heterocycles. The summed E-state index contributed by atoms with van der Waals surface area (Å²) < 4.78 is 7.39. The van der Waals surface area contributed by atoms with E-state index in [9.17, 15) is 4.79 Å². The highest BCUT2D eigenvalue weighted by molar-refractivity contribution is 5.79. The summed E-state index contributed by atoms with van der Waals surface area (Å²) in [5.41, 5.74) is 3.84. The van der Waals surface area contributed by atoms with Gasteiger partial charge in [-0.2, -0.15) is 0 Å². The van der Waals surface area contributed by atoms with Crippen molar-refractivity contribution in [3.05, 3.63) is 81.4 Å². The van der Waals surface area contributed by atoms with E-state index < -0.39 is 0 Å². The molecule has 188 valence electrons. The van der Waals surface area contributed by atoms with Crippen molar-refractivity contribution in [3.8, 4) is 5.75 Å². The van der Waals surface area contributed by atoms with Crippen LogP contribution < -0.4 is 10.3 Å². The van der Waals surface area contributed by atoms with E-state index in [4.69, 9.17) is 4.74 Å². The van der Waals surface area contributed by atoms with Gasteiger partial charge in [0, 0.05) is 24.2 Å². The van der Waals surface area contributed by atoms with Gasteiger partial charge in [0.2, 0.25) is 0 Å². The van der Waals surface area contributed by atoms with Crippen molar-refractivity contribution >= 4 is 10.9 Å². The molecular weight excluding hydrogens is 452 g/mol. The Balaban J connectivity index is 1.53. The number of pyridine rings is 1. The van der Waals surface area contributed by atoms with Crippen LogP contribution in [0.2, 0.25) is 0 Å². The fourth-order valence-corrected chi connectivity index (χ4v) is 5.38. The SMILES string of the molecule is CC[C@@H](c1nnnn1C1CCCC1)N(Cc1ccc(OC)cc1)Cc1cc2cc(C)ccc2[nH]c1=O. The number of methoxy groups -OCH3 is 1. The van der Waals surface area contributed by atoms with Crippen LogP contribution in [0, 0.1) is 6.92 Å². The Morgan fingerprint density at radius 2 is 1.89 bits per heavy atom. The monoisotopic (exact) mass is 486 g/mol. The van der Waals surface area contributed by atoms with Crippen LogP contribution in [0.4, 0.5) is 0 Å². The number of H-pyrrole nitrogens is 1. The van der Waals surface area contributed by atoms with E-state index in [0.717, 1.165) is 58.4 Å². The normalized spacial score (nSPS) is 15.1. The van der Waals surface area contributed by atoms with Crippen LogP contribution in [-0.2, 0) is 13.1 Å². The van der Waals surface area contributed by atoms with E-state index in [0.29, 0.717) is 19.1 Å². The molecule has 0 unspecified atom stereocenters. The number of hydrogen-bond acceptors (Lipinski definition) is 6. The molecule has 1 fully saturated rings. The summed E-state index contributed by atoms with van der Waals surface area (Å²) in [6.07, 6.45) is 5.46. The molecule has 0 spiro atoms. The number of hydrogen-bond donors (Lipinski definition) is 1. The fourth-order valence-electron chi connectivity index (χ4n) is 5.38. The Kier molecular flexibility index (Phi) is 7.13. The minimum Gasteiger partial charge on any atom is -0.497 e. The van der Waals surface area contributed by atoms with Crippen LogP contribution in [-0.4, -0.2) is 37.2 Å². The Bertz CT molecular complexity index is 1370. The summed E-state index contributed by atoms with van der Waals surface area (Å²) in [7, 11) is 1.67. The number of aromatic nitrogens is 5. The van der Waals surface area contributed by atoms with Crippen LogP contribution >= 0.6 is 0 Å². The van der Waals surface area contributed by atoms with E-state index >= 15 is 0 Å². The molecule has 4 aromatic rings. The van der Waals surface area contributed by atoms with Gasteiger partial charge in [0.05, 0.1) is 19.2 Å². The van der Waals surface area contributed by atoms with E-state index in [-0.39, 0.29) is 11.6 Å². The van der Waals surface area contributed by atoms with Crippen molar-refractivity contribution in [1.82, 2.24) is 30.1 Å². The van der Waals surface area contributed by atoms with Gasteiger partial charge in [0.25, 0.3) is 5.56 Å². The van der Waals surface area contributed by atoms with Gasteiger partial charge in [-0.1, -0.05) is 43.5 Å². The fraction of sp³-hybridized carbons (Fsp3) is 0.429. The van der Waals surface area contributed by atoms with Crippen molar-refractivity contribution in [2.75, 3.05) is 7.11 Å². The minimum atomic E-state index is -0.0590. The minimum absolute atomic E-state index is 0.0321. The second-order valence-electron chi connectivity index (χ2n) is 9.81. The molecule has 1 aliphatic carbocycles. The highest BCUT2D eigenvalue weighted by Gasteiger charge is 2.29. The summed E-state index contributed by atoms with van der Waals surface area (Å²) in [6.45, 7) is 5.37. The molecule has 2 aromatic carbocycles. The van der Waals surface area contributed by atoms with Gasteiger partial charge in [0.1, 0.15) is 5.75 Å². The standard InChI is InChI=1S/C28H34N6O2/c1-4-26(27-30-31-32-34(27)23-7-5-6-8-23)33(17-20-10-12-24(36-3)13-11-20)18-22-16-21-15-19(2)9-14-25(21)29-28(22)35/h9-16,23,26H,4-8,17-18H2,1-3H3,(H,29,35)/t26-/m0/s1. The van der Waals surface area contributed by atoms with Gasteiger partial charge in [-0.15, -0.1) is 5.10 Å². The summed E-state index contributed by atoms with van der Waals surface area (Å²) in [5.74, 6) is 1.70. The second-order valence-corrected chi connectivity index (χ2v) is 9.81. The second kappa shape index (κ2) is 10.6. The summed E-state index contributed by atoms with van der Waals surface area (Å²) in [5, 5.41) is 14.0. The quantitative estimate of drug-likeness (QED) is 0.354. The molecule has 1 saturated carbocycles. The summed E-state index contributed by atoms with van der Waals surface area (Å²) in [6, 6.07) is 16.5. The molecular formula is C28H34N6O2. The maximum atomic E-state index is 13.1. The molecule has 0 aliphatic heterocycles. The van der Waals surface area contributed by atoms with Crippen LogP contribution in [0.5, 0.6) is 5.75 Å². The lowest BCUT2D eigenvalue weighted by Gasteiger charge is -2.31. The lowest BCUT2D eigenvalue weighted by molar-refractivity contribution is 0.158. The molecule has 5 rings (SSSR count). The first kappa shape index (κ1) is 24.2. The number of ether oxygens (including phenoxy) is 1. The van der Waals surface area contributed by atoms with Crippen molar-refractivity contribution in [1.29, 1.82) is 0 Å². The van der Waals surface area contributed by atoms with Crippen LogP contribution in [0.25, 0.3) is 10.9 Å². The van der Waals surface area contributed by atoms with Crippen molar-refractivity contribution in [3.63, 3.8) is 0 Å². The molecule has 8 heteroatoms. The molecule has 2 heterocycles. The summed E-state index contributed by atoms with van der Waals surface area (Å²) >= 11 is 0. The third-order valence-corrected chi connectivity index (χ3v) is 7.31. The number of aromatic amines is 1. The predicted octanol–water partition coefficient (Wildman–Crippen LogP) is 5.10. The van der Waals surface area contributed by atoms with Crippen LogP contribution in [0.3, 0.4) is 0 Å². The first-order valence-corrected chi connectivity index (χ1v) is 12.8. The van der Waals surface area contributed by atoms with Gasteiger partial charge in [-0.25, -0.2) is 4.68 Å². The smallest absolute Gasteiger partial charge is 0.252 e. The van der Waals surface area contributed by atoms with E-state index in [2.05, 4.69) is 57.5 Å². The molecule has 1 atom stereocenters. The first-order valence-electron chi connectivity index (χ1n) is 12.8. The summed E-state index contributed by atoms with van der Waals surface area (Å²) in [4.78, 5) is 18.5. The topological polar surface area (TPSA) is 88.9 Å². The Labute approximate surface area is 211 Å². The molecule has 36 heavy (non-hydrogen) atoms. The predicted molar refractivity (Wildman–Crippen MR) is 140 cm³/mol. The molecule has 0 bridgehead atoms. The maximum Gasteiger partial charge on any atom is 0.252 e. The van der Waals surface area contributed by atoms with Gasteiger partial charge in [0.15, 0.2) is 5.82 Å². The molecule has 0 amide bonds. The largest absolute Gasteiger partial charge is 0.497 e. The Morgan fingerprint density at radius 3 is 2.61 bits per heavy atom. The highest BCUT2D eigenvalue weighted by Crippen LogP contribution is 2.33. The number of nitrogens with one attached hydrogen (secondary N) is 1. The maximum absolute atomic E-state index is 13.1. The number of rotatable bonds is 9. The third kappa shape index (κ3) is 5.04. The van der Waals surface area contributed by atoms with E-state index in [1.165, 1.54) is 12.8 Å². The number of nitrogens with zero attached hydrogens (tertiary/aromatic N) is 5. The van der Waals surface area contributed by atoms with Crippen molar-refractivity contribution in [2.45, 2.75) is 71.1 Å². The zero-order valence-electron chi connectivity index (χ0n) is 21.3. The molecule has 0 radical (unpaired) electrons. The highest BCUT2D eigenvalue weighted by atomic mass is 16.5. The van der Waals surface area contributed by atoms with Crippen molar-refractivity contribution < 1.29 is 4.74 Å². The lowest BCUT2D eigenvalue weighted by Crippen LogP contribution is -2.32. The van der Waals surface area contributed by atoms with Crippen molar-refractivity contribution in [2.24, 2.45) is 0 Å². The molecule has 8 nitrogen and oxygen atoms in total. The van der Waals surface area contributed by atoms with Gasteiger partial charge < -0.3 is 9.72 Å². The van der Waals surface area contributed by atoms with Crippen LogP contribution in [0.1, 0.15) is 73.6 Å². The zero-order valence-corrected chi connectivity index (χ0v) is 21.3. The molecule has 1 N–H and O–H groups in total. The van der Waals surface area contributed by atoms with Gasteiger partial charge >= 0.3 is 0 Å². The number of fused-ring (bicyclic) bond motifs is 1. The van der Waals surface area contributed by atoms with E-state index in [1.54, 1.807) is 7.11 Å². The van der Waals surface area contributed by atoms with Gasteiger partial charge in [-0.3, -0.25) is 9.69 Å². The first-order chi connectivity index (χ1) is 17.6. The Morgan fingerprint density at radius 1 is 1.11 bits per heavy atom. The molecule has 1 aliphatic rings.